The molecule has 28 heavy (non-hydrogen) atoms. The summed E-state index contributed by atoms with van der Waals surface area (Å²) in [6, 6.07) is 7.85. The zero-order chi connectivity index (χ0) is 19.5. The van der Waals surface area contributed by atoms with Crippen LogP contribution in [-0.2, 0) is 4.79 Å². The molecule has 1 fully saturated rings. The summed E-state index contributed by atoms with van der Waals surface area (Å²) in [7, 11) is 0. The van der Waals surface area contributed by atoms with Gasteiger partial charge in [-0.3, -0.25) is 4.79 Å². The van der Waals surface area contributed by atoms with Crippen LogP contribution >= 0.6 is 34.9 Å². The maximum Gasteiger partial charge on any atom is 0.230 e. The molecule has 5 nitrogen and oxygen atoms in total. The number of carbonyl (C=O) groups excluding carboxylic acids is 1. The van der Waals surface area contributed by atoms with Gasteiger partial charge in [0, 0.05) is 16.6 Å². The van der Waals surface area contributed by atoms with Crippen molar-refractivity contribution in [3.63, 3.8) is 0 Å². The van der Waals surface area contributed by atoms with E-state index in [9.17, 15) is 4.79 Å². The number of nitrogens with one attached hydrogen (secondary N) is 1. The van der Waals surface area contributed by atoms with E-state index in [-0.39, 0.29) is 5.91 Å². The molecule has 3 aromatic rings. The largest absolute Gasteiger partial charge is 0.352 e. The lowest BCUT2D eigenvalue weighted by molar-refractivity contribution is -0.119. The summed E-state index contributed by atoms with van der Waals surface area (Å²) in [5.41, 5.74) is 2.60. The maximum atomic E-state index is 12.4. The van der Waals surface area contributed by atoms with Crippen molar-refractivity contribution in [2.75, 3.05) is 5.75 Å². The van der Waals surface area contributed by atoms with Gasteiger partial charge in [0.15, 0.2) is 0 Å². The third kappa shape index (κ3) is 4.31. The van der Waals surface area contributed by atoms with E-state index in [0.29, 0.717) is 22.7 Å². The molecule has 1 amide bonds. The number of nitrogens with zero attached hydrogens (tertiary/aromatic N) is 3. The van der Waals surface area contributed by atoms with Crippen LogP contribution in [0.25, 0.3) is 21.5 Å². The van der Waals surface area contributed by atoms with Crippen molar-refractivity contribution in [3.8, 4) is 11.3 Å². The van der Waals surface area contributed by atoms with Crippen molar-refractivity contribution >= 4 is 51.0 Å². The van der Waals surface area contributed by atoms with Crippen LogP contribution in [0.2, 0.25) is 5.02 Å². The fraction of sp³-hybridized carbons (Fsp3) is 0.400. The molecule has 1 aromatic carbocycles. The first-order chi connectivity index (χ1) is 13.6. The number of amides is 1. The van der Waals surface area contributed by atoms with Gasteiger partial charge in [-0.1, -0.05) is 55.3 Å². The van der Waals surface area contributed by atoms with Crippen molar-refractivity contribution in [2.45, 2.75) is 43.7 Å². The lowest BCUT2D eigenvalue weighted by Gasteiger charge is -2.29. The van der Waals surface area contributed by atoms with Gasteiger partial charge in [0.05, 0.1) is 5.75 Å². The smallest absolute Gasteiger partial charge is 0.230 e. The van der Waals surface area contributed by atoms with Crippen LogP contribution in [0.3, 0.4) is 0 Å². The lowest BCUT2D eigenvalue weighted by atomic mass is 9.86. The number of benzene rings is 1. The number of aromatic nitrogens is 3. The predicted molar refractivity (Wildman–Crippen MR) is 116 cm³/mol. The van der Waals surface area contributed by atoms with Gasteiger partial charge in [-0.15, -0.1) is 0 Å². The van der Waals surface area contributed by atoms with Crippen LogP contribution in [-0.4, -0.2) is 32.0 Å². The van der Waals surface area contributed by atoms with Crippen LogP contribution < -0.4 is 5.32 Å². The first-order valence-electron chi connectivity index (χ1n) is 9.40. The summed E-state index contributed by atoms with van der Waals surface area (Å²) in [5.74, 6) is 0.971. The Hall–Kier alpha value is -1.70. The third-order valence-electron chi connectivity index (χ3n) is 5.14. The molecule has 4 rings (SSSR count). The standard InChI is InChI=1S/C20H21ClN4OS2/c1-12-4-2-3-5-15(12)24-16(26)10-27-20-19-18(22-11-23-20)17(25-28-19)13-6-8-14(21)9-7-13/h6-9,11-12,15H,2-5,10H2,1H3,(H,24,26). The average molecular weight is 433 g/mol. The Kier molecular flexibility index (Phi) is 6.13. The molecule has 0 saturated heterocycles. The summed E-state index contributed by atoms with van der Waals surface area (Å²) >= 11 is 8.79. The Labute approximate surface area is 177 Å². The molecule has 0 bridgehead atoms. The van der Waals surface area contributed by atoms with Gasteiger partial charge in [0.25, 0.3) is 0 Å². The monoisotopic (exact) mass is 432 g/mol. The number of hydrogen-bond donors (Lipinski definition) is 1. The fourth-order valence-corrected chi connectivity index (χ4v) is 5.41. The molecule has 1 aliphatic rings. The third-order valence-corrected chi connectivity index (χ3v) is 7.35. The van der Waals surface area contributed by atoms with E-state index in [1.54, 1.807) is 6.33 Å². The van der Waals surface area contributed by atoms with Gasteiger partial charge >= 0.3 is 0 Å². The van der Waals surface area contributed by atoms with Crippen LogP contribution in [0.1, 0.15) is 32.6 Å². The minimum atomic E-state index is 0.0675. The number of carbonyl (C=O) groups is 1. The SMILES string of the molecule is CC1CCCCC1NC(=O)CSc1ncnc2c(-c3ccc(Cl)cc3)nsc12. The van der Waals surface area contributed by atoms with E-state index in [1.165, 1.54) is 42.6 Å². The minimum absolute atomic E-state index is 0.0675. The Balaban J connectivity index is 1.47. The highest BCUT2D eigenvalue weighted by Gasteiger charge is 2.23. The molecule has 2 unspecified atom stereocenters. The van der Waals surface area contributed by atoms with Crippen LogP contribution in [0.4, 0.5) is 0 Å². The quantitative estimate of drug-likeness (QED) is 0.443. The Morgan fingerprint density at radius 2 is 2.04 bits per heavy atom. The fourth-order valence-electron chi connectivity index (χ4n) is 3.56. The van der Waals surface area contributed by atoms with Crippen molar-refractivity contribution in [3.05, 3.63) is 35.6 Å². The van der Waals surface area contributed by atoms with E-state index in [1.807, 2.05) is 24.3 Å². The topological polar surface area (TPSA) is 67.8 Å². The molecule has 1 aliphatic carbocycles. The van der Waals surface area contributed by atoms with Crippen LogP contribution in [0, 0.1) is 5.92 Å². The molecule has 0 radical (unpaired) electrons. The second-order valence-electron chi connectivity index (χ2n) is 7.12. The van der Waals surface area contributed by atoms with Gasteiger partial charge < -0.3 is 5.32 Å². The molecular formula is C20H21ClN4OS2. The lowest BCUT2D eigenvalue weighted by Crippen LogP contribution is -2.41. The van der Waals surface area contributed by atoms with Gasteiger partial charge in [-0.05, 0) is 42.4 Å². The van der Waals surface area contributed by atoms with Crippen molar-refractivity contribution in [1.29, 1.82) is 0 Å². The Morgan fingerprint density at radius 1 is 1.25 bits per heavy atom. The number of thioether (sulfide) groups is 1. The summed E-state index contributed by atoms with van der Waals surface area (Å²) in [6.45, 7) is 2.22. The average Bonchev–Trinajstić information content (AvgIpc) is 3.13. The molecule has 146 valence electrons. The molecular weight excluding hydrogens is 412 g/mol. The summed E-state index contributed by atoms with van der Waals surface area (Å²) in [4.78, 5) is 21.2. The van der Waals surface area contributed by atoms with Gasteiger partial charge in [-0.25, -0.2) is 9.97 Å². The van der Waals surface area contributed by atoms with E-state index in [0.717, 1.165) is 32.9 Å². The van der Waals surface area contributed by atoms with Gasteiger partial charge in [-0.2, -0.15) is 4.37 Å². The molecule has 1 saturated carbocycles. The number of fused-ring (bicyclic) bond motifs is 1. The minimum Gasteiger partial charge on any atom is -0.352 e. The number of hydrogen-bond acceptors (Lipinski definition) is 6. The highest BCUT2D eigenvalue weighted by atomic mass is 35.5. The van der Waals surface area contributed by atoms with Gasteiger partial charge in [0.1, 0.15) is 27.3 Å². The first kappa shape index (κ1) is 19.6. The molecule has 2 heterocycles. The van der Waals surface area contributed by atoms with Crippen LogP contribution in [0.5, 0.6) is 0 Å². The van der Waals surface area contributed by atoms with E-state index >= 15 is 0 Å². The summed E-state index contributed by atoms with van der Waals surface area (Å²) < 4.78 is 5.48. The molecule has 2 atom stereocenters. The normalized spacial score (nSPS) is 19.6. The highest BCUT2D eigenvalue weighted by molar-refractivity contribution is 8.00. The molecule has 0 aliphatic heterocycles. The van der Waals surface area contributed by atoms with Gasteiger partial charge in [0.2, 0.25) is 5.91 Å². The van der Waals surface area contributed by atoms with Crippen molar-refractivity contribution < 1.29 is 4.79 Å². The zero-order valence-corrected chi connectivity index (χ0v) is 17.9. The highest BCUT2D eigenvalue weighted by Crippen LogP contribution is 2.34. The molecule has 1 N–H and O–H groups in total. The Bertz CT molecular complexity index is 976. The summed E-state index contributed by atoms with van der Waals surface area (Å²) in [6.07, 6.45) is 6.28. The first-order valence-corrected chi connectivity index (χ1v) is 11.5. The van der Waals surface area contributed by atoms with Crippen LogP contribution in [0.15, 0.2) is 35.6 Å². The molecule has 2 aromatic heterocycles. The Morgan fingerprint density at radius 3 is 2.82 bits per heavy atom. The summed E-state index contributed by atoms with van der Waals surface area (Å²) in [5, 5.41) is 4.68. The molecule has 0 spiro atoms. The van der Waals surface area contributed by atoms with Crippen molar-refractivity contribution in [2.24, 2.45) is 5.92 Å². The van der Waals surface area contributed by atoms with Crippen molar-refractivity contribution in [1.82, 2.24) is 19.7 Å². The van der Waals surface area contributed by atoms with E-state index < -0.39 is 0 Å². The molecule has 8 heteroatoms. The number of rotatable bonds is 5. The maximum absolute atomic E-state index is 12.4. The zero-order valence-electron chi connectivity index (χ0n) is 15.5. The van der Waals surface area contributed by atoms with E-state index in [2.05, 4.69) is 26.6 Å². The predicted octanol–water partition coefficient (Wildman–Crippen LogP) is 5.19. The number of halogens is 1. The second-order valence-corrected chi connectivity index (χ2v) is 9.29. The van der Waals surface area contributed by atoms with E-state index in [4.69, 9.17) is 11.6 Å². The second kappa shape index (κ2) is 8.76.